The Balaban J connectivity index is 1.47. The fourth-order valence-corrected chi connectivity index (χ4v) is 4.16. The number of unbranched alkanes of at least 4 members (excludes halogenated alkanes) is 1. The molecular formula is C18H21N5O3S2. The van der Waals surface area contributed by atoms with Gasteiger partial charge in [0.15, 0.2) is 4.34 Å². The topological polar surface area (TPSA) is 103 Å². The number of ether oxygens (including phenoxy) is 1. The molecule has 0 radical (unpaired) electrons. The molecule has 0 aliphatic rings. The van der Waals surface area contributed by atoms with Crippen LogP contribution in [0.3, 0.4) is 0 Å². The van der Waals surface area contributed by atoms with Crippen molar-refractivity contribution >= 4 is 34.1 Å². The van der Waals surface area contributed by atoms with Gasteiger partial charge in [-0.2, -0.15) is 4.98 Å². The fourth-order valence-electron chi connectivity index (χ4n) is 2.24. The van der Waals surface area contributed by atoms with E-state index in [4.69, 9.17) is 9.26 Å². The normalized spacial score (nSPS) is 10.8. The van der Waals surface area contributed by atoms with E-state index in [1.165, 1.54) is 11.3 Å². The summed E-state index contributed by atoms with van der Waals surface area (Å²) in [5.74, 6) is 2.50. The Hall–Kier alpha value is -2.46. The molecule has 148 valence electrons. The van der Waals surface area contributed by atoms with E-state index in [-0.39, 0.29) is 12.3 Å². The van der Waals surface area contributed by atoms with E-state index in [9.17, 15) is 4.79 Å². The van der Waals surface area contributed by atoms with Crippen molar-refractivity contribution in [3.63, 3.8) is 0 Å². The molecule has 0 saturated carbocycles. The lowest BCUT2D eigenvalue weighted by atomic mass is 10.2. The second kappa shape index (κ2) is 10.2. The smallest absolute Gasteiger partial charge is 0.227 e. The van der Waals surface area contributed by atoms with E-state index < -0.39 is 0 Å². The Bertz CT molecular complexity index is 895. The van der Waals surface area contributed by atoms with Gasteiger partial charge in [-0.1, -0.05) is 41.6 Å². The SMILES string of the molecule is CCCCSc1nnc(NC(=O)CCc2nc(-c3ccc(OC)cc3)no2)s1. The Kier molecular flexibility index (Phi) is 7.38. The quantitative estimate of drug-likeness (QED) is 0.298. The lowest BCUT2D eigenvalue weighted by Gasteiger charge is -1.99. The molecule has 2 aromatic heterocycles. The Morgan fingerprint density at radius 3 is 2.86 bits per heavy atom. The van der Waals surface area contributed by atoms with E-state index in [2.05, 4.69) is 32.6 Å². The first-order valence-corrected chi connectivity index (χ1v) is 10.7. The Morgan fingerprint density at radius 1 is 1.29 bits per heavy atom. The molecule has 1 amide bonds. The first kappa shape index (κ1) is 20.3. The number of benzene rings is 1. The van der Waals surface area contributed by atoms with Crippen LogP contribution in [0.5, 0.6) is 5.75 Å². The largest absolute Gasteiger partial charge is 0.497 e. The summed E-state index contributed by atoms with van der Waals surface area (Å²) in [6.45, 7) is 2.15. The first-order chi connectivity index (χ1) is 13.7. The number of aromatic nitrogens is 4. The maximum atomic E-state index is 12.1. The van der Waals surface area contributed by atoms with E-state index >= 15 is 0 Å². The summed E-state index contributed by atoms with van der Waals surface area (Å²) in [5, 5.41) is 15.3. The zero-order chi connectivity index (χ0) is 19.8. The number of hydrogen-bond donors (Lipinski definition) is 1. The van der Waals surface area contributed by atoms with E-state index in [1.807, 2.05) is 24.3 Å². The Morgan fingerprint density at radius 2 is 2.11 bits per heavy atom. The van der Waals surface area contributed by atoms with Crippen molar-refractivity contribution in [1.82, 2.24) is 20.3 Å². The summed E-state index contributed by atoms with van der Waals surface area (Å²) in [6, 6.07) is 7.36. The van der Waals surface area contributed by atoms with Gasteiger partial charge in [0, 0.05) is 24.2 Å². The predicted octanol–water partition coefficient (Wildman–Crippen LogP) is 4.06. The Labute approximate surface area is 171 Å². The maximum absolute atomic E-state index is 12.1. The van der Waals surface area contributed by atoms with Gasteiger partial charge in [-0.05, 0) is 30.7 Å². The highest BCUT2D eigenvalue weighted by atomic mass is 32.2. The third-order valence-corrected chi connectivity index (χ3v) is 5.82. The highest BCUT2D eigenvalue weighted by Gasteiger charge is 2.13. The van der Waals surface area contributed by atoms with Gasteiger partial charge in [0.05, 0.1) is 7.11 Å². The summed E-state index contributed by atoms with van der Waals surface area (Å²) in [7, 11) is 1.61. The minimum Gasteiger partial charge on any atom is -0.497 e. The van der Waals surface area contributed by atoms with Gasteiger partial charge in [-0.3, -0.25) is 4.79 Å². The average molecular weight is 420 g/mol. The number of methoxy groups -OCH3 is 1. The predicted molar refractivity (Wildman–Crippen MR) is 109 cm³/mol. The molecule has 28 heavy (non-hydrogen) atoms. The van der Waals surface area contributed by atoms with Crippen LogP contribution in [0.4, 0.5) is 5.13 Å². The van der Waals surface area contributed by atoms with Crippen molar-refractivity contribution in [2.75, 3.05) is 18.2 Å². The molecule has 0 aliphatic carbocycles. The zero-order valence-electron chi connectivity index (χ0n) is 15.7. The summed E-state index contributed by atoms with van der Waals surface area (Å²) in [6.07, 6.45) is 2.86. The van der Waals surface area contributed by atoms with Gasteiger partial charge in [0.25, 0.3) is 0 Å². The van der Waals surface area contributed by atoms with Crippen molar-refractivity contribution in [1.29, 1.82) is 0 Å². The molecule has 0 atom stereocenters. The number of rotatable bonds is 10. The fraction of sp³-hybridized carbons (Fsp3) is 0.389. The van der Waals surface area contributed by atoms with Crippen LogP contribution >= 0.6 is 23.1 Å². The molecule has 0 bridgehead atoms. The summed E-state index contributed by atoms with van der Waals surface area (Å²) in [5.41, 5.74) is 0.821. The van der Waals surface area contributed by atoms with Gasteiger partial charge >= 0.3 is 0 Å². The molecule has 3 rings (SSSR count). The molecule has 2 heterocycles. The van der Waals surface area contributed by atoms with Gasteiger partial charge < -0.3 is 14.6 Å². The highest BCUT2D eigenvalue weighted by molar-refractivity contribution is 8.01. The number of carbonyl (C=O) groups excluding carboxylic acids is 1. The van der Waals surface area contributed by atoms with Crippen LogP contribution in [0.15, 0.2) is 33.1 Å². The second-order valence-electron chi connectivity index (χ2n) is 5.86. The van der Waals surface area contributed by atoms with Crippen molar-refractivity contribution in [2.45, 2.75) is 36.9 Å². The molecule has 0 saturated heterocycles. The lowest BCUT2D eigenvalue weighted by molar-refractivity contribution is -0.116. The van der Waals surface area contributed by atoms with Crippen molar-refractivity contribution in [3.8, 4) is 17.1 Å². The molecule has 3 aromatic rings. The third-order valence-electron chi connectivity index (χ3n) is 3.76. The number of carbonyl (C=O) groups is 1. The molecule has 0 unspecified atom stereocenters. The number of amides is 1. The summed E-state index contributed by atoms with van der Waals surface area (Å²) >= 11 is 3.04. The minimum atomic E-state index is -0.162. The number of thioether (sulfide) groups is 1. The van der Waals surface area contributed by atoms with Crippen LogP contribution in [0, 0.1) is 0 Å². The minimum absolute atomic E-state index is 0.162. The second-order valence-corrected chi connectivity index (χ2v) is 8.18. The molecule has 10 heteroatoms. The zero-order valence-corrected chi connectivity index (χ0v) is 17.3. The van der Waals surface area contributed by atoms with Crippen molar-refractivity contribution in [2.24, 2.45) is 0 Å². The van der Waals surface area contributed by atoms with Crippen LogP contribution in [0.25, 0.3) is 11.4 Å². The summed E-state index contributed by atoms with van der Waals surface area (Å²) in [4.78, 5) is 16.5. The van der Waals surface area contributed by atoms with Crippen molar-refractivity contribution < 1.29 is 14.1 Å². The molecule has 0 aliphatic heterocycles. The molecule has 0 spiro atoms. The number of nitrogens with one attached hydrogen (secondary N) is 1. The number of aryl methyl sites for hydroxylation is 1. The molecule has 8 nitrogen and oxygen atoms in total. The maximum Gasteiger partial charge on any atom is 0.227 e. The third kappa shape index (κ3) is 5.77. The van der Waals surface area contributed by atoms with E-state index in [1.54, 1.807) is 18.9 Å². The molecular weight excluding hydrogens is 398 g/mol. The number of hydrogen-bond acceptors (Lipinski definition) is 9. The lowest BCUT2D eigenvalue weighted by Crippen LogP contribution is -2.12. The molecule has 1 N–H and O–H groups in total. The van der Waals surface area contributed by atoms with Crippen LogP contribution in [0.1, 0.15) is 32.1 Å². The standard InChI is InChI=1S/C18H21N5O3S2/c1-3-4-11-27-18-22-21-17(28-18)19-14(24)9-10-15-20-16(23-26-15)12-5-7-13(25-2)8-6-12/h5-8H,3-4,9-11H2,1-2H3,(H,19,21,24). The van der Waals surface area contributed by atoms with E-state index in [0.29, 0.717) is 23.3 Å². The first-order valence-electron chi connectivity index (χ1n) is 8.91. The monoisotopic (exact) mass is 419 g/mol. The van der Waals surface area contributed by atoms with Crippen LogP contribution in [-0.2, 0) is 11.2 Å². The van der Waals surface area contributed by atoms with Gasteiger partial charge in [-0.15, -0.1) is 10.2 Å². The van der Waals surface area contributed by atoms with Crippen molar-refractivity contribution in [3.05, 3.63) is 30.2 Å². The number of nitrogens with zero attached hydrogens (tertiary/aromatic N) is 4. The van der Waals surface area contributed by atoms with Gasteiger partial charge in [0.1, 0.15) is 5.75 Å². The van der Waals surface area contributed by atoms with E-state index in [0.717, 1.165) is 34.2 Å². The number of anilines is 1. The average Bonchev–Trinajstić information content (AvgIpc) is 3.36. The molecule has 1 aromatic carbocycles. The van der Waals surface area contributed by atoms with Gasteiger partial charge in [0.2, 0.25) is 22.8 Å². The van der Waals surface area contributed by atoms with Crippen LogP contribution in [-0.4, -0.2) is 39.1 Å². The summed E-state index contributed by atoms with van der Waals surface area (Å²) < 4.78 is 11.2. The van der Waals surface area contributed by atoms with Gasteiger partial charge in [-0.25, -0.2) is 0 Å². The highest BCUT2D eigenvalue weighted by Crippen LogP contribution is 2.26. The van der Waals surface area contributed by atoms with Crippen LogP contribution in [0.2, 0.25) is 0 Å². The molecule has 0 fully saturated rings. The van der Waals surface area contributed by atoms with Crippen LogP contribution < -0.4 is 10.1 Å².